The lowest BCUT2D eigenvalue weighted by Gasteiger charge is -2.46. The van der Waals surface area contributed by atoms with Gasteiger partial charge in [-0.15, -0.1) is 0 Å². The standard InChI is InChI=1S/C19H30N2/c1-14-8-4-7-11-17(14)21(3)18-13-12-15-9-5-6-10-16(15)19(18)20-2/h5-6,9-10,14,17-20H,4,7-8,11-13H2,1-3H3. The van der Waals surface area contributed by atoms with E-state index in [0.29, 0.717) is 12.1 Å². The second-order valence-electron chi connectivity index (χ2n) is 7.07. The van der Waals surface area contributed by atoms with Gasteiger partial charge in [0.15, 0.2) is 0 Å². The van der Waals surface area contributed by atoms with Crippen molar-refractivity contribution in [1.29, 1.82) is 0 Å². The summed E-state index contributed by atoms with van der Waals surface area (Å²) < 4.78 is 0. The predicted molar refractivity (Wildman–Crippen MR) is 89.5 cm³/mol. The summed E-state index contributed by atoms with van der Waals surface area (Å²) >= 11 is 0. The molecule has 21 heavy (non-hydrogen) atoms. The Morgan fingerprint density at radius 2 is 1.81 bits per heavy atom. The summed E-state index contributed by atoms with van der Waals surface area (Å²) in [5.74, 6) is 0.846. The fourth-order valence-corrected chi connectivity index (χ4v) is 4.68. The molecular weight excluding hydrogens is 256 g/mol. The van der Waals surface area contributed by atoms with Crippen molar-refractivity contribution in [3.63, 3.8) is 0 Å². The molecular formula is C19H30N2. The van der Waals surface area contributed by atoms with Crippen LogP contribution >= 0.6 is 0 Å². The first-order valence-corrected chi connectivity index (χ1v) is 8.69. The SMILES string of the molecule is CNC1c2ccccc2CCC1N(C)C1CCCCC1C. The van der Waals surface area contributed by atoms with Crippen LogP contribution in [0.5, 0.6) is 0 Å². The average molecular weight is 286 g/mol. The van der Waals surface area contributed by atoms with E-state index in [2.05, 4.69) is 55.5 Å². The second-order valence-corrected chi connectivity index (χ2v) is 7.07. The van der Waals surface area contributed by atoms with E-state index in [0.717, 1.165) is 12.0 Å². The number of hydrogen-bond acceptors (Lipinski definition) is 2. The molecule has 4 atom stereocenters. The Balaban J connectivity index is 1.81. The molecule has 0 saturated heterocycles. The summed E-state index contributed by atoms with van der Waals surface area (Å²) in [7, 11) is 4.49. The number of hydrogen-bond donors (Lipinski definition) is 1. The molecule has 1 aromatic rings. The Labute approximate surface area is 129 Å². The van der Waals surface area contributed by atoms with Crippen molar-refractivity contribution >= 4 is 0 Å². The van der Waals surface area contributed by atoms with E-state index in [1.165, 1.54) is 49.7 Å². The van der Waals surface area contributed by atoms with Crippen LogP contribution in [-0.4, -0.2) is 31.1 Å². The molecule has 2 aliphatic rings. The van der Waals surface area contributed by atoms with E-state index in [1.807, 2.05) is 0 Å². The van der Waals surface area contributed by atoms with Gasteiger partial charge >= 0.3 is 0 Å². The lowest BCUT2D eigenvalue weighted by molar-refractivity contribution is 0.0695. The zero-order valence-corrected chi connectivity index (χ0v) is 13.8. The molecule has 0 bridgehead atoms. The lowest BCUT2D eigenvalue weighted by Crippen LogP contribution is -2.51. The van der Waals surface area contributed by atoms with Crippen molar-refractivity contribution in [2.45, 2.75) is 63.6 Å². The highest BCUT2D eigenvalue weighted by Gasteiger charge is 2.36. The maximum atomic E-state index is 3.60. The number of nitrogens with one attached hydrogen (secondary N) is 1. The number of aryl methyl sites for hydroxylation is 1. The normalized spacial score (nSPS) is 33.0. The van der Waals surface area contributed by atoms with Crippen molar-refractivity contribution in [2.75, 3.05) is 14.1 Å². The van der Waals surface area contributed by atoms with Gasteiger partial charge in [-0.25, -0.2) is 0 Å². The summed E-state index contributed by atoms with van der Waals surface area (Å²) in [5.41, 5.74) is 3.06. The first-order chi connectivity index (χ1) is 10.2. The molecule has 4 unspecified atom stereocenters. The summed E-state index contributed by atoms with van der Waals surface area (Å²) in [6.07, 6.45) is 8.13. The Morgan fingerprint density at radius 1 is 1.05 bits per heavy atom. The molecule has 0 heterocycles. The monoisotopic (exact) mass is 286 g/mol. The van der Waals surface area contributed by atoms with Crippen LogP contribution in [-0.2, 0) is 6.42 Å². The van der Waals surface area contributed by atoms with Crippen LogP contribution in [0, 0.1) is 5.92 Å². The third-order valence-electron chi connectivity index (χ3n) is 5.91. The van der Waals surface area contributed by atoms with Crippen LogP contribution in [0.1, 0.15) is 56.2 Å². The maximum absolute atomic E-state index is 3.60. The van der Waals surface area contributed by atoms with E-state index in [9.17, 15) is 0 Å². The number of fused-ring (bicyclic) bond motifs is 1. The smallest absolute Gasteiger partial charge is 0.0478 e. The number of likely N-dealkylation sites (N-methyl/N-ethyl adjacent to an activating group) is 2. The summed E-state index contributed by atoms with van der Waals surface area (Å²) in [5, 5.41) is 3.60. The predicted octanol–water partition coefficient (Wildman–Crippen LogP) is 3.77. The molecule has 1 saturated carbocycles. The van der Waals surface area contributed by atoms with Gasteiger partial charge in [0, 0.05) is 18.1 Å². The van der Waals surface area contributed by atoms with Crippen LogP contribution in [0.25, 0.3) is 0 Å². The van der Waals surface area contributed by atoms with Gasteiger partial charge in [-0.3, -0.25) is 4.90 Å². The van der Waals surface area contributed by atoms with E-state index < -0.39 is 0 Å². The highest BCUT2D eigenvalue weighted by atomic mass is 15.2. The number of benzene rings is 1. The Hall–Kier alpha value is -0.860. The van der Waals surface area contributed by atoms with Gasteiger partial charge in [0.25, 0.3) is 0 Å². The van der Waals surface area contributed by atoms with E-state index >= 15 is 0 Å². The molecule has 0 aromatic heterocycles. The lowest BCUT2D eigenvalue weighted by atomic mass is 9.79. The molecule has 116 valence electrons. The van der Waals surface area contributed by atoms with E-state index in [4.69, 9.17) is 0 Å². The van der Waals surface area contributed by atoms with Crippen LogP contribution in [0.2, 0.25) is 0 Å². The van der Waals surface area contributed by atoms with Crippen molar-refractivity contribution < 1.29 is 0 Å². The molecule has 3 rings (SSSR count). The highest BCUT2D eigenvalue weighted by molar-refractivity contribution is 5.34. The molecule has 0 amide bonds. The topological polar surface area (TPSA) is 15.3 Å². The van der Waals surface area contributed by atoms with Crippen LogP contribution in [0.3, 0.4) is 0 Å². The summed E-state index contributed by atoms with van der Waals surface area (Å²) in [4.78, 5) is 2.71. The van der Waals surface area contributed by atoms with Gasteiger partial charge in [-0.05, 0) is 56.8 Å². The largest absolute Gasteiger partial charge is 0.312 e. The van der Waals surface area contributed by atoms with Gasteiger partial charge in [0.2, 0.25) is 0 Å². The van der Waals surface area contributed by atoms with E-state index in [1.54, 1.807) is 0 Å². The number of nitrogens with zero attached hydrogens (tertiary/aromatic N) is 1. The van der Waals surface area contributed by atoms with Crippen molar-refractivity contribution in [1.82, 2.24) is 10.2 Å². The van der Waals surface area contributed by atoms with E-state index in [-0.39, 0.29) is 0 Å². The average Bonchev–Trinajstić information content (AvgIpc) is 2.53. The van der Waals surface area contributed by atoms with Crippen LogP contribution < -0.4 is 5.32 Å². The summed E-state index contributed by atoms with van der Waals surface area (Å²) in [6, 6.07) is 10.9. The molecule has 1 N–H and O–H groups in total. The van der Waals surface area contributed by atoms with Gasteiger partial charge in [-0.1, -0.05) is 44.0 Å². The minimum atomic E-state index is 0.481. The first-order valence-electron chi connectivity index (χ1n) is 8.69. The van der Waals surface area contributed by atoms with Crippen molar-refractivity contribution in [2.24, 2.45) is 5.92 Å². The molecule has 2 heteroatoms. The molecule has 2 aliphatic carbocycles. The Morgan fingerprint density at radius 3 is 2.57 bits per heavy atom. The minimum Gasteiger partial charge on any atom is -0.312 e. The molecule has 1 aromatic carbocycles. The number of rotatable bonds is 3. The third-order valence-corrected chi connectivity index (χ3v) is 5.91. The van der Waals surface area contributed by atoms with Gasteiger partial charge in [0.1, 0.15) is 0 Å². The molecule has 0 radical (unpaired) electrons. The first kappa shape index (κ1) is 15.1. The third kappa shape index (κ3) is 2.89. The molecule has 2 nitrogen and oxygen atoms in total. The second kappa shape index (κ2) is 6.50. The Bertz CT molecular complexity index is 470. The van der Waals surface area contributed by atoms with Crippen LogP contribution in [0.4, 0.5) is 0 Å². The van der Waals surface area contributed by atoms with Crippen molar-refractivity contribution in [3.05, 3.63) is 35.4 Å². The molecule has 1 fully saturated rings. The van der Waals surface area contributed by atoms with Gasteiger partial charge in [0.05, 0.1) is 0 Å². The highest BCUT2D eigenvalue weighted by Crippen LogP contribution is 2.36. The molecule has 0 spiro atoms. The Kier molecular flexibility index (Phi) is 4.66. The zero-order valence-electron chi connectivity index (χ0n) is 13.8. The maximum Gasteiger partial charge on any atom is 0.0478 e. The summed E-state index contributed by atoms with van der Waals surface area (Å²) in [6.45, 7) is 2.45. The minimum absolute atomic E-state index is 0.481. The van der Waals surface area contributed by atoms with Crippen molar-refractivity contribution in [3.8, 4) is 0 Å². The quantitative estimate of drug-likeness (QED) is 0.910. The van der Waals surface area contributed by atoms with Gasteiger partial charge < -0.3 is 5.32 Å². The fourth-order valence-electron chi connectivity index (χ4n) is 4.68. The fraction of sp³-hybridized carbons (Fsp3) is 0.684. The zero-order chi connectivity index (χ0) is 14.8. The molecule has 0 aliphatic heterocycles. The van der Waals surface area contributed by atoms with Crippen LogP contribution in [0.15, 0.2) is 24.3 Å². The van der Waals surface area contributed by atoms with Gasteiger partial charge in [-0.2, -0.15) is 0 Å².